The lowest BCUT2D eigenvalue weighted by molar-refractivity contribution is -0.141. The lowest BCUT2D eigenvalue weighted by Crippen LogP contribution is -2.54. The van der Waals surface area contributed by atoms with Crippen LogP contribution in [-0.4, -0.2) is 65.5 Å². The molecule has 0 spiro atoms. The van der Waals surface area contributed by atoms with Crippen molar-refractivity contribution in [2.75, 3.05) is 18.6 Å². The van der Waals surface area contributed by atoms with Crippen molar-refractivity contribution in [1.82, 2.24) is 16.0 Å². The van der Waals surface area contributed by atoms with Crippen LogP contribution in [0.4, 0.5) is 0 Å². The van der Waals surface area contributed by atoms with Crippen molar-refractivity contribution < 1.29 is 24.3 Å². The van der Waals surface area contributed by atoms with Gasteiger partial charge in [-0.05, 0) is 36.3 Å². The number of carboxylic acids is 1. The van der Waals surface area contributed by atoms with Crippen LogP contribution in [-0.2, 0) is 25.6 Å². The van der Waals surface area contributed by atoms with E-state index in [1.165, 1.54) is 11.8 Å². The monoisotopic (exact) mass is 466 g/mol. The minimum absolute atomic E-state index is 0.121. The zero-order valence-electron chi connectivity index (χ0n) is 18.8. The van der Waals surface area contributed by atoms with E-state index < -0.39 is 48.4 Å². The second-order valence-electron chi connectivity index (χ2n) is 7.94. The van der Waals surface area contributed by atoms with Crippen LogP contribution in [0.3, 0.4) is 0 Å². The summed E-state index contributed by atoms with van der Waals surface area (Å²) in [7, 11) is 0. The number of hydrogen-bond donors (Lipinski definition) is 5. The lowest BCUT2D eigenvalue weighted by Gasteiger charge is -2.21. The van der Waals surface area contributed by atoms with E-state index in [1.54, 1.807) is 24.3 Å². The summed E-state index contributed by atoms with van der Waals surface area (Å²) in [5.74, 6) is -1.88. The van der Waals surface area contributed by atoms with Gasteiger partial charge in [0.1, 0.15) is 12.1 Å². The molecule has 1 aromatic carbocycles. The summed E-state index contributed by atoms with van der Waals surface area (Å²) in [4.78, 5) is 48.6. The second kappa shape index (κ2) is 14.5. The molecule has 0 fully saturated rings. The fraction of sp³-hybridized carbons (Fsp3) is 0.545. The summed E-state index contributed by atoms with van der Waals surface area (Å²) in [5, 5.41) is 16.9. The predicted molar refractivity (Wildman–Crippen MR) is 125 cm³/mol. The molecule has 0 aliphatic rings. The van der Waals surface area contributed by atoms with Gasteiger partial charge in [0.2, 0.25) is 17.7 Å². The summed E-state index contributed by atoms with van der Waals surface area (Å²) in [6.45, 7) is 3.50. The number of thioether (sulfide) groups is 1. The van der Waals surface area contributed by atoms with Gasteiger partial charge < -0.3 is 26.8 Å². The first kappa shape index (κ1) is 27.4. The third-order valence-electron chi connectivity index (χ3n) is 4.64. The van der Waals surface area contributed by atoms with E-state index in [2.05, 4.69) is 16.0 Å². The number of nitrogens with one attached hydrogen (secondary N) is 3. The molecule has 0 radical (unpaired) electrons. The largest absolute Gasteiger partial charge is 0.480 e. The molecule has 178 valence electrons. The zero-order valence-corrected chi connectivity index (χ0v) is 19.6. The van der Waals surface area contributed by atoms with Crippen molar-refractivity contribution in [3.05, 3.63) is 35.9 Å². The Morgan fingerprint density at radius 2 is 1.69 bits per heavy atom. The Kier molecular flexibility index (Phi) is 12.4. The molecule has 6 N–H and O–H groups in total. The topological polar surface area (TPSA) is 151 Å². The van der Waals surface area contributed by atoms with Gasteiger partial charge in [-0.25, -0.2) is 4.79 Å². The predicted octanol–water partition coefficient (Wildman–Crippen LogP) is 0.526. The first-order valence-electron chi connectivity index (χ1n) is 10.5. The number of nitrogens with two attached hydrogens (primary N) is 1. The van der Waals surface area contributed by atoms with E-state index >= 15 is 0 Å². The Bertz CT molecular complexity index is 760. The number of aliphatic carboxylic acids is 1. The van der Waals surface area contributed by atoms with E-state index in [4.69, 9.17) is 5.73 Å². The molecular weight excluding hydrogens is 432 g/mol. The molecule has 10 heteroatoms. The number of carbonyl (C=O) groups is 4. The molecule has 0 bridgehead atoms. The maximum Gasteiger partial charge on any atom is 0.326 e. The summed E-state index contributed by atoms with van der Waals surface area (Å²) in [5.41, 5.74) is 6.66. The first-order chi connectivity index (χ1) is 15.1. The molecule has 0 saturated heterocycles. The van der Waals surface area contributed by atoms with Crippen molar-refractivity contribution in [3.63, 3.8) is 0 Å². The molecule has 0 aliphatic heterocycles. The quantitative estimate of drug-likeness (QED) is 0.268. The van der Waals surface area contributed by atoms with Gasteiger partial charge in [0.05, 0.1) is 12.6 Å². The number of benzene rings is 1. The molecule has 32 heavy (non-hydrogen) atoms. The highest BCUT2D eigenvalue weighted by atomic mass is 32.2. The van der Waals surface area contributed by atoms with E-state index in [9.17, 15) is 24.3 Å². The van der Waals surface area contributed by atoms with Crippen molar-refractivity contribution in [1.29, 1.82) is 0 Å². The maximum atomic E-state index is 12.6. The van der Waals surface area contributed by atoms with Crippen LogP contribution >= 0.6 is 11.8 Å². The fourth-order valence-corrected chi connectivity index (χ4v) is 3.46. The second-order valence-corrected chi connectivity index (χ2v) is 8.93. The van der Waals surface area contributed by atoms with E-state index in [1.807, 2.05) is 26.2 Å². The van der Waals surface area contributed by atoms with Crippen LogP contribution in [0, 0.1) is 5.92 Å². The van der Waals surface area contributed by atoms with Crippen LogP contribution < -0.4 is 21.7 Å². The molecule has 3 unspecified atom stereocenters. The number of carboxylic acid groups (broad SMARTS) is 1. The third-order valence-corrected chi connectivity index (χ3v) is 5.29. The molecule has 0 aromatic heterocycles. The summed E-state index contributed by atoms with van der Waals surface area (Å²) in [6.07, 6.45) is 2.87. The molecule has 1 aromatic rings. The van der Waals surface area contributed by atoms with Crippen molar-refractivity contribution in [2.45, 2.75) is 51.2 Å². The SMILES string of the molecule is CSCCC(NC(=O)C(N)CC(C)C)C(=O)NCC(=O)NC(Cc1ccccc1)C(=O)O. The average Bonchev–Trinajstić information content (AvgIpc) is 2.74. The van der Waals surface area contributed by atoms with Gasteiger partial charge in [-0.1, -0.05) is 44.2 Å². The Morgan fingerprint density at radius 3 is 2.25 bits per heavy atom. The molecule has 3 amide bonds. The number of carbonyl (C=O) groups excluding carboxylic acids is 3. The van der Waals surface area contributed by atoms with Crippen LogP contribution in [0.5, 0.6) is 0 Å². The van der Waals surface area contributed by atoms with Crippen LogP contribution in [0.1, 0.15) is 32.3 Å². The van der Waals surface area contributed by atoms with Gasteiger partial charge in [0.25, 0.3) is 0 Å². The van der Waals surface area contributed by atoms with Crippen LogP contribution in [0.15, 0.2) is 30.3 Å². The fourth-order valence-electron chi connectivity index (χ4n) is 2.98. The van der Waals surface area contributed by atoms with E-state index in [0.29, 0.717) is 18.6 Å². The van der Waals surface area contributed by atoms with Gasteiger partial charge in [-0.3, -0.25) is 14.4 Å². The van der Waals surface area contributed by atoms with E-state index in [-0.39, 0.29) is 12.3 Å². The minimum Gasteiger partial charge on any atom is -0.480 e. The van der Waals surface area contributed by atoms with E-state index in [0.717, 1.165) is 5.56 Å². The summed E-state index contributed by atoms with van der Waals surface area (Å²) < 4.78 is 0. The standard InChI is InChI=1S/C22H34N4O5S/c1-14(2)11-16(23)20(28)26-17(9-10-32-3)21(29)24-13-19(27)25-18(22(30)31)12-15-7-5-4-6-8-15/h4-8,14,16-18H,9-13,23H2,1-3H3,(H,24,29)(H,25,27)(H,26,28)(H,30,31). The van der Waals surface area contributed by atoms with Gasteiger partial charge in [0, 0.05) is 6.42 Å². The Balaban J connectivity index is 2.63. The van der Waals surface area contributed by atoms with Gasteiger partial charge in [-0.2, -0.15) is 11.8 Å². The number of hydrogen-bond acceptors (Lipinski definition) is 6. The molecule has 0 heterocycles. The number of amides is 3. The van der Waals surface area contributed by atoms with Crippen molar-refractivity contribution in [2.24, 2.45) is 11.7 Å². The lowest BCUT2D eigenvalue weighted by atomic mass is 10.0. The average molecular weight is 467 g/mol. The van der Waals surface area contributed by atoms with Crippen LogP contribution in [0.2, 0.25) is 0 Å². The molecule has 1 rings (SSSR count). The minimum atomic E-state index is -1.17. The highest BCUT2D eigenvalue weighted by molar-refractivity contribution is 7.98. The molecule has 0 saturated carbocycles. The molecule has 0 aliphatic carbocycles. The highest BCUT2D eigenvalue weighted by Gasteiger charge is 2.25. The molecule has 3 atom stereocenters. The smallest absolute Gasteiger partial charge is 0.326 e. The van der Waals surface area contributed by atoms with Crippen molar-refractivity contribution >= 4 is 35.5 Å². The normalized spacial score (nSPS) is 13.7. The van der Waals surface area contributed by atoms with Gasteiger partial charge in [0.15, 0.2) is 0 Å². The highest BCUT2D eigenvalue weighted by Crippen LogP contribution is 2.06. The van der Waals surface area contributed by atoms with Gasteiger partial charge in [-0.15, -0.1) is 0 Å². The summed E-state index contributed by atoms with van der Waals surface area (Å²) in [6, 6.07) is 6.24. The maximum absolute atomic E-state index is 12.6. The molecular formula is C22H34N4O5S. The zero-order chi connectivity index (χ0) is 24.1. The summed E-state index contributed by atoms with van der Waals surface area (Å²) >= 11 is 1.52. The number of rotatable bonds is 14. The Hall–Kier alpha value is -2.59. The van der Waals surface area contributed by atoms with Crippen molar-refractivity contribution in [3.8, 4) is 0 Å². The molecule has 9 nitrogen and oxygen atoms in total. The van der Waals surface area contributed by atoms with Crippen LogP contribution in [0.25, 0.3) is 0 Å². The first-order valence-corrected chi connectivity index (χ1v) is 11.9. The van der Waals surface area contributed by atoms with Gasteiger partial charge >= 0.3 is 5.97 Å². The third kappa shape index (κ3) is 10.6. The Morgan fingerprint density at radius 1 is 1.03 bits per heavy atom. The Labute approximate surface area is 193 Å².